The molecule has 0 radical (unpaired) electrons. The number of methoxy groups -OCH3 is 1. The second-order valence-corrected chi connectivity index (χ2v) is 5.78. The summed E-state index contributed by atoms with van der Waals surface area (Å²) in [5, 5.41) is 0.166. The molecule has 2 aromatic rings. The SMILES string of the molecule is COC(=O)c1cccc([C@H](SCCN)c2ccccc2)c1. The van der Waals surface area contributed by atoms with E-state index in [1.165, 1.54) is 12.7 Å². The van der Waals surface area contributed by atoms with Gasteiger partial charge in [0.15, 0.2) is 0 Å². The highest BCUT2D eigenvalue weighted by molar-refractivity contribution is 7.99. The van der Waals surface area contributed by atoms with E-state index < -0.39 is 0 Å². The van der Waals surface area contributed by atoms with Gasteiger partial charge in [-0.2, -0.15) is 0 Å². The molecule has 21 heavy (non-hydrogen) atoms. The third-order valence-corrected chi connectivity index (χ3v) is 4.46. The fourth-order valence-corrected chi connectivity index (χ4v) is 3.21. The Balaban J connectivity index is 2.34. The highest BCUT2D eigenvalue weighted by Gasteiger charge is 2.16. The molecule has 0 bridgehead atoms. The van der Waals surface area contributed by atoms with E-state index in [1.54, 1.807) is 17.8 Å². The van der Waals surface area contributed by atoms with E-state index in [-0.39, 0.29) is 11.2 Å². The van der Waals surface area contributed by atoms with Gasteiger partial charge in [0.2, 0.25) is 0 Å². The fourth-order valence-electron chi connectivity index (χ4n) is 2.15. The van der Waals surface area contributed by atoms with Crippen molar-refractivity contribution in [3.8, 4) is 0 Å². The van der Waals surface area contributed by atoms with E-state index in [0.29, 0.717) is 12.1 Å². The lowest BCUT2D eigenvalue weighted by Crippen LogP contribution is -2.07. The Labute approximate surface area is 129 Å². The minimum absolute atomic E-state index is 0.166. The molecule has 0 aliphatic carbocycles. The first kappa shape index (κ1) is 15.6. The van der Waals surface area contributed by atoms with Crippen molar-refractivity contribution in [3.05, 3.63) is 71.3 Å². The van der Waals surface area contributed by atoms with Crippen LogP contribution < -0.4 is 5.73 Å². The van der Waals surface area contributed by atoms with Gasteiger partial charge in [0.1, 0.15) is 0 Å². The van der Waals surface area contributed by atoms with Crippen molar-refractivity contribution in [1.29, 1.82) is 0 Å². The van der Waals surface area contributed by atoms with E-state index in [4.69, 9.17) is 10.5 Å². The van der Waals surface area contributed by atoms with E-state index in [1.807, 2.05) is 36.4 Å². The molecule has 2 N–H and O–H groups in total. The van der Waals surface area contributed by atoms with Gasteiger partial charge < -0.3 is 10.5 Å². The minimum Gasteiger partial charge on any atom is -0.465 e. The zero-order valence-electron chi connectivity index (χ0n) is 12.0. The fraction of sp³-hybridized carbons (Fsp3) is 0.235. The number of nitrogens with two attached hydrogens (primary N) is 1. The van der Waals surface area contributed by atoms with Gasteiger partial charge >= 0.3 is 5.97 Å². The van der Waals surface area contributed by atoms with Crippen LogP contribution in [0.2, 0.25) is 0 Å². The zero-order chi connectivity index (χ0) is 15.1. The first-order valence-corrected chi connectivity index (χ1v) is 7.86. The average molecular weight is 301 g/mol. The van der Waals surface area contributed by atoms with Crippen LogP contribution in [0.3, 0.4) is 0 Å². The molecule has 0 amide bonds. The summed E-state index contributed by atoms with van der Waals surface area (Å²) in [5.41, 5.74) is 8.50. The van der Waals surface area contributed by atoms with Crippen LogP contribution in [0, 0.1) is 0 Å². The number of thioether (sulfide) groups is 1. The molecule has 3 nitrogen and oxygen atoms in total. The second kappa shape index (κ2) is 7.86. The number of esters is 1. The lowest BCUT2D eigenvalue weighted by molar-refractivity contribution is 0.0600. The predicted molar refractivity (Wildman–Crippen MR) is 87.6 cm³/mol. The summed E-state index contributed by atoms with van der Waals surface area (Å²) in [5.74, 6) is 0.551. The van der Waals surface area contributed by atoms with Crippen molar-refractivity contribution in [2.75, 3.05) is 19.4 Å². The smallest absolute Gasteiger partial charge is 0.337 e. The maximum absolute atomic E-state index is 11.7. The highest BCUT2D eigenvalue weighted by atomic mass is 32.2. The number of hydrogen-bond acceptors (Lipinski definition) is 4. The Morgan fingerprint density at radius 3 is 2.52 bits per heavy atom. The Morgan fingerprint density at radius 1 is 1.14 bits per heavy atom. The topological polar surface area (TPSA) is 52.3 Å². The molecule has 2 rings (SSSR count). The summed E-state index contributed by atoms with van der Waals surface area (Å²) in [6.07, 6.45) is 0. The molecule has 0 aromatic heterocycles. The Morgan fingerprint density at radius 2 is 1.86 bits per heavy atom. The van der Waals surface area contributed by atoms with Crippen LogP contribution in [0.4, 0.5) is 0 Å². The molecule has 2 aromatic carbocycles. The molecule has 0 fully saturated rings. The van der Waals surface area contributed by atoms with Gasteiger partial charge in [-0.25, -0.2) is 4.79 Å². The van der Waals surface area contributed by atoms with Crippen molar-refractivity contribution in [3.63, 3.8) is 0 Å². The van der Waals surface area contributed by atoms with Crippen LogP contribution in [0.15, 0.2) is 54.6 Å². The summed E-state index contributed by atoms with van der Waals surface area (Å²) in [4.78, 5) is 11.7. The van der Waals surface area contributed by atoms with Crippen LogP contribution in [0.5, 0.6) is 0 Å². The molecule has 4 heteroatoms. The number of ether oxygens (including phenoxy) is 1. The van der Waals surface area contributed by atoms with Crippen molar-refractivity contribution in [2.24, 2.45) is 5.73 Å². The minimum atomic E-state index is -0.313. The number of rotatable bonds is 6. The summed E-state index contributed by atoms with van der Waals surface area (Å²) in [6, 6.07) is 17.8. The summed E-state index contributed by atoms with van der Waals surface area (Å²) in [6.45, 7) is 0.630. The molecule has 0 unspecified atom stereocenters. The van der Waals surface area contributed by atoms with E-state index in [9.17, 15) is 4.79 Å². The number of carbonyl (C=O) groups excluding carboxylic acids is 1. The van der Waals surface area contributed by atoms with E-state index in [2.05, 4.69) is 12.1 Å². The van der Waals surface area contributed by atoms with Gasteiger partial charge in [0.25, 0.3) is 0 Å². The van der Waals surface area contributed by atoms with Crippen LogP contribution in [-0.4, -0.2) is 25.4 Å². The third kappa shape index (κ3) is 4.09. The van der Waals surface area contributed by atoms with Crippen molar-refractivity contribution < 1.29 is 9.53 Å². The average Bonchev–Trinajstić information content (AvgIpc) is 2.56. The van der Waals surface area contributed by atoms with Crippen molar-refractivity contribution in [1.82, 2.24) is 0 Å². The highest BCUT2D eigenvalue weighted by Crippen LogP contribution is 2.35. The van der Waals surface area contributed by atoms with Crippen molar-refractivity contribution >= 4 is 17.7 Å². The maximum atomic E-state index is 11.7. The normalized spacial score (nSPS) is 11.9. The number of benzene rings is 2. The largest absolute Gasteiger partial charge is 0.465 e. The molecule has 110 valence electrons. The zero-order valence-corrected chi connectivity index (χ0v) is 12.8. The van der Waals surface area contributed by atoms with Crippen LogP contribution in [0.1, 0.15) is 26.7 Å². The van der Waals surface area contributed by atoms with Gasteiger partial charge in [-0.05, 0) is 23.3 Å². The monoisotopic (exact) mass is 301 g/mol. The number of carbonyl (C=O) groups is 1. The van der Waals surface area contributed by atoms with Gasteiger partial charge in [0, 0.05) is 12.3 Å². The molecule has 0 aliphatic rings. The van der Waals surface area contributed by atoms with Gasteiger partial charge in [-0.15, -0.1) is 11.8 Å². The molecule has 0 saturated heterocycles. The van der Waals surface area contributed by atoms with E-state index in [0.717, 1.165) is 11.3 Å². The molecule has 0 aliphatic heterocycles. The van der Waals surface area contributed by atoms with Gasteiger partial charge in [0.05, 0.1) is 17.9 Å². The standard InChI is InChI=1S/C17H19NO2S/c1-20-17(19)15-9-5-8-14(12-15)16(21-11-10-18)13-6-3-2-4-7-13/h2-9,12,16H,10-11,18H2,1H3/t16-/m1/s1. The predicted octanol–water partition coefficient (Wildman–Crippen LogP) is 3.25. The molecule has 0 heterocycles. The van der Waals surface area contributed by atoms with Gasteiger partial charge in [-0.1, -0.05) is 42.5 Å². The molecule has 0 spiro atoms. The lowest BCUT2D eigenvalue weighted by Gasteiger charge is -2.18. The quantitative estimate of drug-likeness (QED) is 0.832. The van der Waals surface area contributed by atoms with Crippen molar-refractivity contribution in [2.45, 2.75) is 5.25 Å². The lowest BCUT2D eigenvalue weighted by atomic mass is 10.0. The van der Waals surface area contributed by atoms with Gasteiger partial charge in [-0.3, -0.25) is 0 Å². The van der Waals surface area contributed by atoms with Crippen LogP contribution in [-0.2, 0) is 4.74 Å². The van der Waals surface area contributed by atoms with Crippen LogP contribution >= 0.6 is 11.8 Å². The Bertz CT molecular complexity index is 586. The molecular weight excluding hydrogens is 282 g/mol. The Hall–Kier alpha value is -1.78. The summed E-state index contributed by atoms with van der Waals surface area (Å²) >= 11 is 1.78. The molecule has 0 saturated carbocycles. The maximum Gasteiger partial charge on any atom is 0.337 e. The third-order valence-electron chi connectivity index (χ3n) is 3.12. The molecular formula is C17H19NO2S. The summed E-state index contributed by atoms with van der Waals surface area (Å²) in [7, 11) is 1.40. The first-order valence-electron chi connectivity index (χ1n) is 6.81. The van der Waals surface area contributed by atoms with E-state index >= 15 is 0 Å². The number of hydrogen-bond donors (Lipinski definition) is 1. The Kier molecular flexibility index (Phi) is 5.84. The first-order chi connectivity index (χ1) is 10.3. The second-order valence-electron chi connectivity index (χ2n) is 4.57. The molecule has 1 atom stereocenters. The summed E-state index contributed by atoms with van der Waals surface area (Å²) < 4.78 is 4.79. The van der Waals surface area contributed by atoms with Crippen LogP contribution in [0.25, 0.3) is 0 Å².